The fraction of sp³-hybridized carbons (Fsp3) is 0.400. The molecular weight excluding hydrogens is 268 g/mol. The highest BCUT2D eigenvalue weighted by Gasteiger charge is 2.43. The van der Waals surface area contributed by atoms with Gasteiger partial charge in [0.2, 0.25) is 0 Å². The normalized spacial score (nSPS) is 29.4. The molecule has 0 aromatic heterocycles. The van der Waals surface area contributed by atoms with Crippen LogP contribution < -0.4 is 0 Å². The molecule has 2 aromatic rings. The highest BCUT2D eigenvalue weighted by molar-refractivity contribution is 5.29. The minimum absolute atomic E-state index is 0.443. The molecule has 0 aliphatic carbocycles. The van der Waals surface area contributed by atoms with Crippen molar-refractivity contribution in [3.8, 4) is 0 Å². The number of benzene rings is 2. The minimum Gasteiger partial charge on any atom is -0.296 e. The molecular formula is C20H24N2. The van der Waals surface area contributed by atoms with E-state index in [1.165, 1.54) is 37.1 Å². The number of hydrogen-bond donors (Lipinski definition) is 0. The number of likely N-dealkylation sites (N-methyl/N-ethyl adjacent to an activating group) is 1. The van der Waals surface area contributed by atoms with Crippen molar-refractivity contribution in [2.75, 3.05) is 20.1 Å². The largest absolute Gasteiger partial charge is 0.296 e. The molecule has 2 nitrogen and oxygen atoms in total. The van der Waals surface area contributed by atoms with Crippen LogP contribution in [0.4, 0.5) is 0 Å². The van der Waals surface area contributed by atoms with E-state index in [2.05, 4.69) is 77.5 Å². The average Bonchev–Trinajstić information content (AvgIpc) is 3.03. The number of rotatable bonds is 2. The van der Waals surface area contributed by atoms with Gasteiger partial charge in [-0.25, -0.2) is 0 Å². The van der Waals surface area contributed by atoms with Gasteiger partial charge in [-0.2, -0.15) is 0 Å². The van der Waals surface area contributed by atoms with Gasteiger partial charge in [0, 0.05) is 12.6 Å². The molecule has 2 aromatic carbocycles. The first-order valence-corrected chi connectivity index (χ1v) is 8.40. The second-order valence-electron chi connectivity index (χ2n) is 6.68. The Kier molecular flexibility index (Phi) is 3.73. The van der Waals surface area contributed by atoms with Gasteiger partial charge in [0.1, 0.15) is 0 Å². The second kappa shape index (κ2) is 5.86. The summed E-state index contributed by atoms with van der Waals surface area (Å²) in [6.07, 6.45) is 2.68. The Morgan fingerprint density at radius 2 is 1.41 bits per heavy atom. The van der Waals surface area contributed by atoms with E-state index in [1.807, 2.05) is 0 Å². The van der Waals surface area contributed by atoms with Crippen molar-refractivity contribution in [3.05, 3.63) is 71.8 Å². The first kappa shape index (κ1) is 14.0. The molecule has 0 spiro atoms. The zero-order valence-electron chi connectivity index (χ0n) is 13.2. The molecule has 3 atom stereocenters. The molecule has 2 fully saturated rings. The van der Waals surface area contributed by atoms with E-state index in [4.69, 9.17) is 0 Å². The molecule has 2 heterocycles. The van der Waals surface area contributed by atoms with Crippen molar-refractivity contribution in [1.29, 1.82) is 0 Å². The Morgan fingerprint density at radius 1 is 0.818 bits per heavy atom. The van der Waals surface area contributed by atoms with Gasteiger partial charge >= 0.3 is 0 Å². The van der Waals surface area contributed by atoms with Crippen molar-refractivity contribution < 1.29 is 0 Å². The molecule has 0 N–H and O–H groups in total. The fourth-order valence-electron chi connectivity index (χ4n) is 4.40. The van der Waals surface area contributed by atoms with Crippen LogP contribution in [0.5, 0.6) is 0 Å². The summed E-state index contributed by atoms with van der Waals surface area (Å²) in [5, 5.41) is 0. The maximum absolute atomic E-state index is 2.76. The van der Waals surface area contributed by atoms with Gasteiger partial charge in [-0.05, 0) is 37.6 Å². The van der Waals surface area contributed by atoms with Crippen molar-refractivity contribution >= 4 is 0 Å². The van der Waals surface area contributed by atoms with E-state index in [0.717, 1.165) is 6.04 Å². The van der Waals surface area contributed by atoms with Crippen molar-refractivity contribution in [1.82, 2.24) is 9.80 Å². The van der Waals surface area contributed by atoms with Gasteiger partial charge in [-0.3, -0.25) is 9.80 Å². The lowest BCUT2D eigenvalue weighted by molar-refractivity contribution is 0.0109. The maximum Gasteiger partial charge on any atom is 0.0548 e. The van der Waals surface area contributed by atoms with E-state index in [0.29, 0.717) is 12.1 Å². The van der Waals surface area contributed by atoms with Crippen LogP contribution in [0.1, 0.15) is 36.1 Å². The third kappa shape index (κ3) is 2.37. The average molecular weight is 292 g/mol. The van der Waals surface area contributed by atoms with E-state index < -0.39 is 0 Å². The molecule has 2 saturated heterocycles. The number of nitrogens with zero attached hydrogens (tertiary/aromatic N) is 2. The zero-order valence-corrected chi connectivity index (χ0v) is 13.2. The summed E-state index contributed by atoms with van der Waals surface area (Å²) in [6, 6.07) is 23.7. The van der Waals surface area contributed by atoms with Gasteiger partial charge in [0.15, 0.2) is 0 Å². The van der Waals surface area contributed by atoms with Gasteiger partial charge in [-0.15, -0.1) is 0 Å². The molecule has 0 amide bonds. The molecule has 2 heteroatoms. The predicted molar refractivity (Wildman–Crippen MR) is 90.7 cm³/mol. The van der Waals surface area contributed by atoms with E-state index >= 15 is 0 Å². The maximum atomic E-state index is 2.76. The highest BCUT2D eigenvalue weighted by Crippen LogP contribution is 2.45. The molecule has 4 rings (SSSR count). The van der Waals surface area contributed by atoms with Gasteiger partial charge < -0.3 is 0 Å². The van der Waals surface area contributed by atoms with Crippen LogP contribution in [0.2, 0.25) is 0 Å². The van der Waals surface area contributed by atoms with E-state index in [9.17, 15) is 0 Å². The highest BCUT2D eigenvalue weighted by atomic mass is 15.3. The lowest BCUT2D eigenvalue weighted by Gasteiger charge is -2.48. The molecule has 22 heavy (non-hydrogen) atoms. The first-order valence-electron chi connectivity index (χ1n) is 8.40. The van der Waals surface area contributed by atoms with Crippen LogP contribution in [0.25, 0.3) is 0 Å². The minimum atomic E-state index is 0.443. The Balaban J connectivity index is 1.79. The number of piperazine rings is 1. The molecule has 3 unspecified atom stereocenters. The summed E-state index contributed by atoms with van der Waals surface area (Å²) >= 11 is 0. The summed E-state index contributed by atoms with van der Waals surface area (Å²) in [5.74, 6) is 0. The molecule has 0 saturated carbocycles. The van der Waals surface area contributed by atoms with Crippen molar-refractivity contribution in [2.45, 2.75) is 31.0 Å². The SMILES string of the molecule is CN1CC2CCCN2C(c2ccccc2)C1c1ccccc1. The summed E-state index contributed by atoms with van der Waals surface area (Å²) in [7, 11) is 2.29. The third-order valence-electron chi connectivity index (χ3n) is 5.33. The van der Waals surface area contributed by atoms with E-state index in [-0.39, 0.29) is 0 Å². The van der Waals surface area contributed by atoms with Gasteiger partial charge in [-0.1, -0.05) is 60.7 Å². The Morgan fingerprint density at radius 3 is 2.05 bits per heavy atom. The third-order valence-corrected chi connectivity index (χ3v) is 5.33. The first-order chi connectivity index (χ1) is 10.8. The van der Waals surface area contributed by atoms with Crippen LogP contribution in [0.3, 0.4) is 0 Å². The van der Waals surface area contributed by atoms with Gasteiger partial charge in [0.25, 0.3) is 0 Å². The lowest BCUT2D eigenvalue weighted by Crippen LogP contribution is -2.52. The van der Waals surface area contributed by atoms with Crippen LogP contribution in [-0.4, -0.2) is 36.0 Å². The van der Waals surface area contributed by atoms with Crippen molar-refractivity contribution in [3.63, 3.8) is 0 Å². The number of hydrogen-bond acceptors (Lipinski definition) is 2. The molecule has 0 bridgehead atoms. The Labute approximate surface area is 133 Å². The monoisotopic (exact) mass is 292 g/mol. The molecule has 114 valence electrons. The fourth-order valence-corrected chi connectivity index (χ4v) is 4.40. The van der Waals surface area contributed by atoms with E-state index in [1.54, 1.807) is 0 Å². The summed E-state index contributed by atoms with van der Waals surface area (Å²) in [5.41, 5.74) is 2.89. The topological polar surface area (TPSA) is 6.48 Å². The summed E-state index contributed by atoms with van der Waals surface area (Å²) in [6.45, 7) is 2.42. The quantitative estimate of drug-likeness (QED) is 0.829. The van der Waals surface area contributed by atoms with Crippen LogP contribution in [0.15, 0.2) is 60.7 Å². The summed E-state index contributed by atoms with van der Waals surface area (Å²) < 4.78 is 0. The Bertz CT molecular complexity index is 610. The number of fused-ring (bicyclic) bond motifs is 1. The molecule has 2 aliphatic heterocycles. The van der Waals surface area contributed by atoms with Crippen LogP contribution in [0, 0.1) is 0 Å². The zero-order chi connectivity index (χ0) is 14.9. The molecule has 2 aliphatic rings. The standard InChI is InChI=1S/C20H24N2/c1-21-15-18-13-8-14-22(18)20(17-11-6-3-7-12-17)19(21)16-9-4-2-5-10-16/h2-7,9-12,18-20H,8,13-15H2,1H3. The summed E-state index contributed by atoms with van der Waals surface area (Å²) in [4.78, 5) is 5.33. The van der Waals surface area contributed by atoms with Crippen LogP contribution >= 0.6 is 0 Å². The second-order valence-corrected chi connectivity index (χ2v) is 6.68. The molecule has 0 radical (unpaired) electrons. The predicted octanol–water partition coefficient (Wildman–Crippen LogP) is 3.88. The van der Waals surface area contributed by atoms with Crippen LogP contribution in [-0.2, 0) is 0 Å². The van der Waals surface area contributed by atoms with Crippen molar-refractivity contribution in [2.24, 2.45) is 0 Å². The smallest absolute Gasteiger partial charge is 0.0548 e. The Hall–Kier alpha value is -1.64. The lowest BCUT2D eigenvalue weighted by atomic mass is 9.88. The van der Waals surface area contributed by atoms with Gasteiger partial charge in [0.05, 0.1) is 12.1 Å².